The second-order valence-electron chi connectivity index (χ2n) is 2.84. The third-order valence-electron chi connectivity index (χ3n) is 1.46. The Morgan fingerprint density at radius 1 is 1.50 bits per heavy atom. The van der Waals surface area contributed by atoms with E-state index in [9.17, 15) is 4.79 Å². The first kappa shape index (κ1) is 11.6. The normalized spacial score (nSPS) is 9.71. The molecule has 0 aliphatic carbocycles. The van der Waals surface area contributed by atoms with Crippen molar-refractivity contribution in [2.45, 2.75) is 0 Å². The van der Waals surface area contributed by atoms with Crippen molar-refractivity contribution in [3.63, 3.8) is 0 Å². The minimum absolute atomic E-state index is 0.386. The number of carbonyl (C=O) groups is 1. The molecule has 1 aromatic carbocycles. The van der Waals surface area contributed by atoms with E-state index in [2.05, 4.69) is 22.6 Å². The quantitative estimate of drug-likeness (QED) is 0.743. The Balaban J connectivity index is 2.86. The maximum absolute atomic E-state index is 11.2. The van der Waals surface area contributed by atoms with Gasteiger partial charge in [-0.1, -0.05) is 11.6 Å². The molecule has 14 heavy (non-hydrogen) atoms. The molecule has 1 amide bonds. The van der Waals surface area contributed by atoms with Gasteiger partial charge in [0.15, 0.2) is 5.75 Å². The Kier molecular flexibility index (Phi) is 4.00. The molecular formula is C9H9ClINO2. The summed E-state index contributed by atoms with van der Waals surface area (Å²) in [4.78, 5) is 12.6. The Hall–Kier alpha value is -0.490. The average Bonchev–Trinajstić information content (AvgIpc) is 2.11. The van der Waals surface area contributed by atoms with Gasteiger partial charge in [0.1, 0.15) is 0 Å². The molecule has 0 aliphatic heterocycles. The summed E-state index contributed by atoms with van der Waals surface area (Å²) in [5, 5.41) is 0.431. The van der Waals surface area contributed by atoms with E-state index >= 15 is 0 Å². The van der Waals surface area contributed by atoms with Crippen LogP contribution in [0.5, 0.6) is 5.75 Å². The smallest absolute Gasteiger partial charge is 0.409 e. The van der Waals surface area contributed by atoms with Crippen LogP contribution in [0.15, 0.2) is 18.2 Å². The van der Waals surface area contributed by atoms with E-state index in [4.69, 9.17) is 16.3 Å². The van der Waals surface area contributed by atoms with Crippen LogP contribution in [-0.4, -0.2) is 25.1 Å². The van der Waals surface area contributed by atoms with Crippen LogP contribution < -0.4 is 4.74 Å². The highest BCUT2D eigenvalue weighted by atomic mass is 127. The van der Waals surface area contributed by atoms with Crippen LogP contribution in [0.1, 0.15) is 0 Å². The van der Waals surface area contributed by atoms with Crippen molar-refractivity contribution in [3.8, 4) is 5.75 Å². The lowest BCUT2D eigenvalue weighted by atomic mass is 10.3. The molecule has 0 bridgehead atoms. The first-order chi connectivity index (χ1) is 6.50. The minimum Gasteiger partial charge on any atom is -0.409 e. The molecule has 0 radical (unpaired) electrons. The van der Waals surface area contributed by atoms with Crippen LogP contribution >= 0.6 is 34.2 Å². The minimum atomic E-state index is -0.436. The largest absolute Gasteiger partial charge is 0.414 e. The van der Waals surface area contributed by atoms with E-state index in [0.29, 0.717) is 10.8 Å². The predicted molar refractivity (Wildman–Crippen MR) is 63.9 cm³/mol. The molecule has 0 aliphatic rings. The second-order valence-corrected chi connectivity index (χ2v) is 4.49. The number of hydrogen-bond donors (Lipinski definition) is 0. The highest BCUT2D eigenvalue weighted by Crippen LogP contribution is 2.26. The molecular weight excluding hydrogens is 316 g/mol. The fourth-order valence-corrected chi connectivity index (χ4v) is 1.36. The Labute approximate surface area is 101 Å². The predicted octanol–water partition coefficient (Wildman–Crippen LogP) is 3.01. The van der Waals surface area contributed by atoms with Gasteiger partial charge in [-0.15, -0.1) is 0 Å². The van der Waals surface area contributed by atoms with Crippen molar-refractivity contribution >= 4 is 40.3 Å². The van der Waals surface area contributed by atoms with E-state index in [0.717, 1.165) is 3.57 Å². The van der Waals surface area contributed by atoms with Gasteiger partial charge in [-0.2, -0.15) is 0 Å². The van der Waals surface area contributed by atoms with Crippen LogP contribution in [0, 0.1) is 3.57 Å². The van der Waals surface area contributed by atoms with E-state index in [1.54, 1.807) is 26.2 Å². The standard InChI is InChI=1S/C9H9ClINO2/c1-12(2)9(13)14-8-5-6(11)3-4-7(8)10/h3-5H,1-2H3. The molecule has 0 spiro atoms. The number of amides is 1. The lowest BCUT2D eigenvalue weighted by molar-refractivity contribution is 0.172. The van der Waals surface area contributed by atoms with Gasteiger partial charge in [0.2, 0.25) is 0 Å². The zero-order valence-electron chi connectivity index (χ0n) is 7.75. The highest BCUT2D eigenvalue weighted by molar-refractivity contribution is 14.1. The summed E-state index contributed by atoms with van der Waals surface area (Å²) in [6.45, 7) is 0. The molecule has 3 nitrogen and oxygen atoms in total. The molecule has 0 unspecified atom stereocenters. The lowest BCUT2D eigenvalue weighted by Gasteiger charge is -2.11. The summed E-state index contributed by atoms with van der Waals surface area (Å²) in [6, 6.07) is 5.25. The Morgan fingerprint density at radius 2 is 2.14 bits per heavy atom. The lowest BCUT2D eigenvalue weighted by Crippen LogP contribution is -2.25. The van der Waals surface area contributed by atoms with Crippen molar-refractivity contribution in [1.29, 1.82) is 0 Å². The van der Waals surface area contributed by atoms with Crippen LogP contribution in [0.25, 0.3) is 0 Å². The highest BCUT2D eigenvalue weighted by Gasteiger charge is 2.09. The maximum Gasteiger partial charge on any atom is 0.414 e. The molecule has 0 saturated heterocycles. The van der Waals surface area contributed by atoms with Crippen molar-refractivity contribution < 1.29 is 9.53 Å². The van der Waals surface area contributed by atoms with Gasteiger partial charge in [-0.05, 0) is 40.8 Å². The van der Waals surface area contributed by atoms with Crippen molar-refractivity contribution in [1.82, 2.24) is 4.90 Å². The summed E-state index contributed by atoms with van der Waals surface area (Å²) < 4.78 is 6.00. The molecule has 0 N–H and O–H groups in total. The van der Waals surface area contributed by atoms with Gasteiger partial charge in [0, 0.05) is 17.7 Å². The third-order valence-corrected chi connectivity index (χ3v) is 2.44. The summed E-state index contributed by atoms with van der Waals surface area (Å²) in [6.07, 6.45) is -0.436. The van der Waals surface area contributed by atoms with Gasteiger partial charge in [0.05, 0.1) is 5.02 Å². The first-order valence-electron chi connectivity index (χ1n) is 3.85. The molecule has 0 atom stereocenters. The molecule has 0 fully saturated rings. The van der Waals surface area contributed by atoms with Gasteiger partial charge in [-0.25, -0.2) is 4.79 Å². The fraction of sp³-hybridized carbons (Fsp3) is 0.222. The number of nitrogens with zero attached hydrogens (tertiary/aromatic N) is 1. The van der Waals surface area contributed by atoms with E-state index in [1.165, 1.54) is 4.90 Å². The van der Waals surface area contributed by atoms with Crippen molar-refractivity contribution in [3.05, 3.63) is 26.8 Å². The van der Waals surface area contributed by atoms with Crippen LogP contribution in [0.4, 0.5) is 4.79 Å². The molecule has 0 heterocycles. The summed E-state index contributed by atoms with van der Waals surface area (Å²) >= 11 is 7.97. The van der Waals surface area contributed by atoms with E-state index in [1.807, 2.05) is 6.07 Å². The van der Waals surface area contributed by atoms with Crippen LogP contribution in [0.2, 0.25) is 5.02 Å². The van der Waals surface area contributed by atoms with Crippen LogP contribution in [0.3, 0.4) is 0 Å². The Bertz CT molecular complexity index is 355. The third kappa shape index (κ3) is 3.02. The number of carbonyl (C=O) groups excluding carboxylic acids is 1. The number of ether oxygens (including phenoxy) is 1. The van der Waals surface area contributed by atoms with Gasteiger partial charge in [-0.3, -0.25) is 0 Å². The van der Waals surface area contributed by atoms with Crippen LogP contribution in [-0.2, 0) is 0 Å². The second kappa shape index (κ2) is 4.84. The number of benzene rings is 1. The average molecular weight is 326 g/mol. The van der Waals surface area contributed by atoms with Gasteiger partial charge < -0.3 is 9.64 Å². The summed E-state index contributed by atoms with van der Waals surface area (Å²) in [5.41, 5.74) is 0. The monoisotopic (exact) mass is 325 g/mol. The molecule has 1 aromatic rings. The van der Waals surface area contributed by atoms with Crippen molar-refractivity contribution in [2.75, 3.05) is 14.1 Å². The first-order valence-corrected chi connectivity index (χ1v) is 5.30. The summed E-state index contributed by atoms with van der Waals surface area (Å²) in [5.74, 6) is 0.386. The summed E-state index contributed by atoms with van der Waals surface area (Å²) in [7, 11) is 3.23. The number of halogens is 2. The Morgan fingerprint density at radius 3 is 2.71 bits per heavy atom. The molecule has 76 valence electrons. The van der Waals surface area contributed by atoms with Crippen molar-refractivity contribution in [2.24, 2.45) is 0 Å². The zero-order valence-corrected chi connectivity index (χ0v) is 10.7. The number of hydrogen-bond acceptors (Lipinski definition) is 2. The maximum atomic E-state index is 11.2. The van der Waals surface area contributed by atoms with Gasteiger partial charge >= 0.3 is 6.09 Å². The number of rotatable bonds is 1. The SMILES string of the molecule is CN(C)C(=O)Oc1cc(I)ccc1Cl. The molecule has 0 saturated carbocycles. The zero-order chi connectivity index (χ0) is 10.7. The topological polar surface area (TPSA) is 29.5 Å². The molecule has 1 rings (SSSR count). The van der Waals surface area contributed by atoms with Gasteiger partial charge in [0.25, 0.3) is 0 Å². The fourth-order valence-electron chi connectivity index (χ4n) is 0.741. The molecule has 0 aromatic heterocycles. The van der Waals surface area contributed by atoms with E-state index < -0.39 is 6.09 Å². The molecule has 5 heteroatoms. The van der Waals surface area contributed by atoms with E-state index in [-0.39, 0.29) is 0 Å².